The maximum absolute atomic E-state index is 12.0. The maximum atomic E-state index is 12.0. The molecule has 1 aliphatic heterocycles. The molecule has 0 aliphatic carbocycles. The molecule has 0 radical (unpaired) electrons. The second-order valence-corrected chi connectivity index (χ2v) is 5.23. The number of hydrogen-bond donors (Lipinski definition) is 0. The van der Waals surface area contributed by atoms with E-state index < -0.39 is 5.97 Å². The number of benzene rings is 2. The normalized spacial score (nSPS) is 15.5. The van der Waals surface area contributed by atoms with Crippen molar-refractivity contribution in [2.24, 2.45) is 4.99 Å². The molecule has 0 amide bonds. The first-order valence-electron chi connectivity index (χ1n) is 7.17. The van der Waals surface area contributed by atoms with Crippen LogP contribution in [-0.4, -0.2) is 18.5 Å². The number of carbonyl (C=O) groups is 1. The van der Waals surface area contributed by atoms with Crippen molar-refractivity contribution >= 4 is 29.5 Å². The van der Waals surface area contributed by atoms with Gasteiger partial charge in [-0.1, -0.05) is 35.9 Å². The molecule has 0 N–H and O–H groups in total. The van der Waals surface area contributed by atoms with Gasteiger partial charge in [-0.25, -0.2) is 9.79 Å². The van der Waals surface area contributed by atoms with E-state index in [9.17, 15) is 4.79 Å². The van der Waals surface area contributed by atoms with Crippen LogP contribution >= 0.6 is 11.6 Å². The van der Waals surface area contributed by atoms with E-state index in [2.05, 4.69) is 4.99 Å². The Labute approximate surface area is 139 Å². The standard InChI is InChI=1S/C18H14ClNO3/c1-2-22-13-7-5-6-12(10-13)11-16-18(21)23-17(20-16)14-8-3-4-9-15(14)19/h3-11H,2H2,1H3/b16-11-. The van der Waals surface area contributed by atoms with Gasteiger partial charge in [-0.05, 0) is 42.8 Å². The van der Waals surface area contributed by atoms with E-state index in [4.69, 9.17) is 21.1 Å². The molecule has 1 aliphatic rings. The molecule has 0 saturated heterocycles. The van der Waals surface area contributed by atoms with Crippen LogP contribution in [0.15, 0.2) is 59.2 Å². The van der Waals surface area contributed by atoms with Gasteiger partial charge in [0.15, 0.2) is 5.70 Å². The van der Waals surface area contributed by atoms with Gasteiger partial charge < -0.3 is 9.47 Å². The lowest BCUT2D eigenvalue weighted by molar-refractivity contribution is -0.129. The zero-order valence-corrected chi connectivity index (χ0v) is 13.2. The summed E-state index contributed by atoms with van der Waals surface area (Å²) < 4.78 is 10.7. The molecular weight excluding hydrogens is 314 g/mol. The number of halogens is 1. The number of aliphatic imine (C=N–C) groups is 1. The summed E-state index contributed by atoms with van der Waals surface area (Å²) in [5.74, 6) is 0.457. The Bertz CT molecular complexity index is 811. The fourth-order valence-electron chi connectivity index (χ4n) is 2.18. The van der Waals surface area contributed by atoms with Crippen molar-refractivity contribution in [3.8, 4) is 5.75 Å². The highest BCUT2D eigenvalue weighted by Gasteiger charge is 2.25. The lowest BCUT2D eigenvalue weighted by Gasteiger charge is -2.03. The largest absolute Gasteiger partial charge is 0.494 e. The molecule has 0 fully saturated rings. The number of carbonyl (C=O) groups excluding carboxylic acids is 1. The Morgan fingerprint density at radius 3 is 2.83 bits per heavy atom. The van der Waals surface area contributed by atoms with Crippen LogP contribution in [0.2, 0.25) is 5.02 Å². The third-order valence-electron chi connectivity index (χ3n) is 3.20. The Morgan fingerprint density at radius 1 is 1.22 bits per heavy atom. The van der Waals surface area contributed by atoms with Crippen molar-refractivity contribution in [3.05, 3.63) is 70.4 Å². The van der Waals surface area contributed by atoms with Gasteiger partial charge in [0.2, 0.25) is 5.90 Å². The van der Waals surface area contributed by atoms with Crippen molar-refractivity contribution in [1.82, 2.24) is 0 Å². The van der Waals surface area contributed by atoms with Gasteiger partial charge in [-0.2, -0.15) is 0 Å². The van der Waals surface area contributed by atoms with E-state index in [1.54, 1.807) is 24.3 Å². The van der Waals surface area contributed by atoms with Crippen LogP contribution in [0.5, 0.6) is 5.75 Å². The molecule has 116 valence electrons. The van der Waals surface area contributed by atoms with Crippen molar-refractivity contribution in [3.63, 3.8) is 0 Å². The summed E-state index contributed by atoms with van der Waals surface area (Å²) in [5, 5.41) is 0.485. The molecular formula is C18H14ClNO3. The van der Waals surface area contributed by atoms with Crippen LogP contribution in [0.1, 0.15) is 18.1 Å². The molecule has 0 atom stereocenters. The minimum Gasteiger partial charge on any atom is -0.494 e. The number of nitrogens with zero attached hydrogens (tertiary/aromatic N) is 1. The minimum absolute atomic E-state index is 0.216. The highest BCUT2D eigenvalue weighted by atomic mass is 35.5. The van der Waals surface area contributed by atoms with Gasteiger partial charge in [0.1, 0.15) is 5.75 Å². The second-order valence-electron chi connectivity index (χ2n) is 4.82. The monoisotopic (exact) mass is 327 g/mol. The molecule has 5 heteroatoms. The molecule has 2 aromatic carbocycles. The van der Waals surface area contributed by atoms with Crippen LogP contribution in [-0.2, 0) is 9.53 Å². The number of hydrogen-bond acceptors (Lipinski definition) is 4. The van der Waals surface area contributed by atoms with E-state index >= 15 is 0 Å². The second kappa shape index (κ2) is 6.67. The topological polar surface area (TPSA) is 47.9 Å². The first-order valence-corrected chi connectivity index (χ1v) is 7.55. The minimum atomic E-state index is -0.498. The highest BCUT2D eigenvalue weighted by Crippen LogP contribution is 2.24. The molecule has 3 rings (SSSR count). The number of esters is 1. The quantitative estimate of drug-likeness (QED) is 0.628. The maximum Gasteiger partial charge on any atom is 0.363 e. The lowest BCUT2D eigenvalue weighted by Crippen LogP contribution is -2.05. The highest BCUT2D eigenvalue weighted by molar-refractivity contribution is 6.34. The number of cyclic esters (lactones) is 1. The predicted octanol–water partition coefficient (Wildman–Crippen LogP) is 4.08. The first-order chi connectivity index (χ1) is 11.2. The molecule has 23 heavy (non-hydrogen) atoms. The summed E-state index contributed by atoms with van der Waals surface area (Å²) >= 11 is 6.11. The summed E-state index contributed by atoms with van der Waals surface area (Å²) in [7, 11) is 0. The molecule has 0 saturated carbocycles. The van der Waals surface area contributed by atoms with E-state index in [-0.39, 0.29) is 11.6 Å². The molecule has 2 aromatic rings. The Hall–Kier alpha value is -2.59. The van der Waals surface area contributed by atoms with E-state index in [1.165, 1.54) is 0 Å². The average molecular weight is 328 g/mol. The lowest BCUT2D eigenvalue weighted by atomic mass is 10.2. The Kier molecular flexibility index (Phi) is 4.44. The summed E-state index contributed by atoms with van der Waals surface area (Å²) in [6, 6.07) is 14.5. The van der Waals surface area contributed by atoms with Gasteiger partial charge in [0.05, 0.1) is 17.2 Å². The molecule has 1 heterocycles. The van der Waals surface area contributed by atoms with Crippen molar-refractivity contribution < 1.29 is 14.3 Å². The smallest absolute Gasteiger partial charge is 0.363 e. The van der Waals surface area contributed by atoms with Gasteiger partial charge in [-0.15, -0.1) is 0 Å². The Balaban J connectivity index is 1.92. The van der Waals surface area contributed by atoms with Crippen LogP contribution in [0.4, 0.5) is 0 Å². The molecule has 0 aromatic heterocycles. The third-order valence-corrected chi connectivity index (χ3v) is 3.53. The summed E-state index contributed by atoms with van der Waals surface area (Å²) in [6.45, 7) is 2.50. The summed E-state index contributed by atoms with van der Waals surface area (Å²) in [5.41, 5.74) is 1.63. The fourth-order valence-corrected chi connectivity index (χ4v) is 2.39. The van der Waals surface area contributed by atoms with Gasteiger partial charge in [-0.3, -0.25) is 0 Å². The van der Waals surface area contributed by atoms with E-state index in [1.807, 2.05) is 37.3 Å². The predicted molar refractivity (Wildman–Crippen MR) is 89.7 cm³/mol. The fraction of sp³-hybridized carbons (Fsp3) is 0.111. The van der Waals surface area contributed by atoms with Crippen molar-refractivity contribution in [2.75, 3.05) is 6.61 Å². The molecule has 0 unspecified atom stereocenters. The molecule has 4 nitrogen and oxygen atoms in total. The van der Waals surface area contributed by atoms with Gasteiger partial charge >= 0.3 is 5.97 Å². The van der Waals surface area contributed by atoms with Crippen LogP contribution < -0.4 is 4.74 Å². The van der Waals surface area contributed by atoms with Crippen molar-refractivity contribution in [1.29, 1.82) is 0 Å². The SMILES string of the molecule is CCOc1cccc(/C=C2\N=C(c3ccccc3Cl)OC2=O)c1. The number of rotatable bonds is 4. The van der Waals surface area contributed by atoms with Crippen LogP contribution in [0, 0.1) is 0 Å². The van der Waals surface area contributed by atoms with Crippen molar-refractivity contribution in [2.45, 2.75) is 6.92 Å². The molecule has 0 bridgehead atoms. The zero-order chi connectivity index (χ0) is 16.2. The van der Waals surface area contributed by atoms with Crippen LogP contribution in [0.25, 0.3) is 6.08 Å². The summed E-state index contributed by atoms with van der Waals surface area (Å²) in [6.07, 6.45) is 1.66. The van der Waals surface area contributed by atoms with Crippen LogP contribution in [0.3, 0.4) is 0 Å². The van der Waals surface area contributed by atoms with E-state index in [0.29, 0.717) is 17.2 Å². The zero-order valence-electron chi connectivity index (χ0n) is 12.5. The average Bonchev–Trinajstić information content (AvgIpc) is 2.89. The number of ether oxygens (including phenoxy) is 2. The first kappa shape index (κ1) is 15.3. The third kappa shape index (κ3) is 3.43. The Morgan fingerprint density at radius 2 is 2.04 bits per heavy atom. The summed E-state index contributed by atoms with van der Waals surface area (Å²) in [4.78, 5) is 16.3. The van der Waals surface area contributed by atoms with Gasteiger partial charge in [0.25, 0.3) is 0 Å². The molecule has 0 spiro atoms. The van der Waals surface area contributed by atoms with E-state index in [0.717, 1.165) is 11.3 Å². The van der Waals surface area contributed by atoms with Gasteiger partial charge in [0, 0.05) is 0 Å².